The lowest BCUT2D eigenvalue weighted by Gasteiger charge is -2.11. The second-order valence-electron chi connectivity index (χ2n) is 3.82. The van der Waals surface area contributed by atoms with Crippen LogP contribution in [0.25, 0.3) is 0 Å². The molecule has 0 saturated heterocycles. The summed E-state index contributed by atoms with van der Waals surface area (Å²) in [5, 5.41) is 0. The van der Waals surface area contributed by atoms with E-state index in [2.05, 4.69) is 18.6 Å². The Balaban J connectivity index is 0.00000225. The second kappa shape index (κ2) is 6.51. The van der Waals surface area contributed by atoms with Crippen molar-refractivity contribution in [2.24, 2.45) is 5.73 Å². The Morgan fingerprint density at radius 2 is 1.62 bits per heavy atom. The molecule has 3 nitrogen and oxygen atoms in total. The van der Waals surface area contributed by atoms with E-state index in [-0.39, 0.29) is 12.4 Å². The van der Waals surface area contributed by atoms with E-state index in [1.165, 1.54) is 12.7 Å². The summed E-state index contributed by atoms with van der Waals surface area (Å²) in [6.45, 7) is 4.24. The van der Waals surface area contributed by atoms with Gasteiger partial charge in [-0.3, -0.25) is 4.79 Å². The maximum Gasteiger partial charge on any atom is 0.327 e. The Bertz CT molecular complexity index is 335. The van der Waals surface area contributed by atoms with Gasteiger partial charge in [0.25, 0.3) is 0 Å². The molecule has 0 spiro atoms. The highest BCUT2D eigenvalue weighted by atomic mass is 35.5. The predicted molar refractivity (Wildman–Crippen MR) is 66.7 cm³/mol. The molecule has 1 atom stereocenters. The average Bonchev–Trinajstić information content (AvgIpc) is 2.27. The van der Waals surface area contributed by atoms with Gasteiger partial charge in [-0.25, -0.2) is 0 Å². The van der Waals surface area contributed by atoms with Crippen LogP contribution < -0.4 is 5.73 Å². The zero-order valence-electron chi connectivity index (χ0n) is 9.77. The number of methoxy groups -OCH3 is 1. The lowest BCUT2D eigenvalue weighted by molar-refractivity contribution is -0.142. The molecule has 0 unspecified atom stereocenters. The van der Waals surface area contributed by atoms with Gasteiger partial charge in [0, 0.05) is 0 Å². The van der Waals surface area contributed by atoms with Crippen LogP contribution in [0, 0.1) is 0 Å². The van der Waals surface area contributed by atoms with Crippen molar-refractivity contribution in [2.45, 2.75) is 25.8 Å². The number of nitrogens with two attached hydrogens (primary N) is 1. The number of rotatable bonds is 3. The summed E-state index contributed by atoms with van der Waals surface area (Å²) in [5.74, 6) is 0.0701. The number of halogens is 1. The number of carbonyl (C=O) groups is 1. The Morgan fingerprint density at radius 1 is 1.19 bits per heavy atom. The predicted octanol–water partition coefficient (Wildman–Crippen LogP) is 2.40. The number of carbonyl (C=O) groups excluding carboxylic acids is 1. The smallest absolute Gasteiger partial charge is 0.327 e. The minimum absolute atomic E-state index is 0. The van der Waals surface area contributed by atoms with Gasteiger partial charge in [0.05, 0.1) is 7.11 Å². The molecule has 0 heterocycles. The molecule has 16 heavy (non-hydrogen) atoms. The highest BCUT2D eigenvalue weighted by Gasteiger charge is 2.15. The van der Waals surface area contributed by atoms with E-state index < -0.39 is 12.0 Å². The summed E-state index contributed by atoms with van der Waals surface area (Å²) in [4.78, 5) is 11.2. The number of esters is 1. The topological polar surface area (TPSA) is 52.3 Å². The largest absolute Gasteiger partial charge is 0.468 e. The lowest BCUT2D eigenvalue weighted by atomic mass is 9.99. The number of benzene rings is 1. The van der Waals surface area contributed by atoms with Crippen molar-refractivity contribution < 1.29 is 9.53 Å². The summed E-state index contributed by atoms with van der Waals surface area (Å²) in [6.07, 6.45) is 0. The van der Waals surface area contributed by atoms with Crippen molar-refractivity contribution >= 4 is 18.4 Å². The molecule has 4 heteroatoms. The van der Waals surface area contributed by atoms with Gasteiger partial charge in [0.15, 0.2) is 0 Å². The molecule has 1 rings (SSSR count). The van der Waals surface area contributed by atoms with E-state index in [9.17, 15) is 4.79 Å². The van der Waals surface area contributed by atoms with Gasteiger partial charge in [0.2, 0.25) is 0 Å². The first-order valence-electron chi connectivity index (χ1n) is 4.99. The molecule has 0 fully saturated rings. The Morgan fingerprint density at radius 3 is 2.00 bits per heavy atom. The molecule has 90 valence electrons. The summed E-state index contributed by atoms with van der Waals surface area (Å²) >= 11 is 0. The van der Waals surface area contributed by atoms with Crippen molar-refractivity contribution in [3.05, 3.63) is 35.4 Å². The SMILES string of the molecule is COC(=O)[C@H](N)c1ccc(C(C)C)cc1.Cl. The lowest BCUT2D eigenvalue weighted by Crippen LogP contribution is -2.22. The molecule has 0 aliphatic rings. The number of hydrogen-bond donors (Lipinski definition) is 1. The molecule has 0 saturated carbocycles. The van der Waals surface area contributed by atoms with Crippen molar-refractivity contribution in [2.75, 3.05) is 7.11 Å². The Kier molecular flexibility index (Phi) is 6.08. The fourth-order valence-electron chi connectivity index (χ4n) is 1.35. The first kappa shape index (κ1) is 14.9. The van der Waals surface area contributed by atoms with Crippen LogP contribution >= 0.6 is 12.4 Å². The molecule has 2 N–H and O–H groups in total. The van der Waals surface area contributed by atoms with Gasteiger partial charge in [0.1, 0.15) is 6.04 Å². The van der Waals surface area contributed by atoms with Gasteiger partial charge in [-0.05, 0) is 17.0 Å². The third-order valence-corrected chi connectivity index (χ3v) is 2.42. The zero-order chi connectivity index (χ0) is 11.4. The molecule has 0 aromatic heterocycles. The van der Waals surface area contributed by atoms with Gasteiger partial charge in [-0.1, -0.05) is 38.1 Å². The first-order valence-corrected chi connectivity index (χ1v) is 4.99. The van der Waals surface area contributed by atoms with E-state index in [1.54, 1.807) is 0 Å². The van der Waals surface area contributed by atoms with E-state index in [1.807, 2.05) is 24.3 Å². The van der Waals surface area contributed by atoms with Gasteiger partial charge < -0.3 is 10.5 Å². The maximum atomic E-state index is 11.2. The van der Waals surface area contributed by atoms with Crippen molar-refractivity contribution in [3.63, 3.8) is 0 Å². The molecular formula is C12H18ClNO2. The normalized spacial score (nSPS) is 11.8. The Hall–Kier alpha value is -1.06. The summed E-state index contributed by atoms with van der Waals surface area (Å²) < 4.78 is 4.58. The van der Waals surface area contributed by atoms with E-state index in [4.69, 9.17) is 5.73 Å². The average molecular weight is 244 g/mol. The maximum absolute atomic E-state index is 11.2. The van der Waals surface area contributed by atoms with Crippen molar-refractivity contribution in [1.29, 1.82) is 0 Å². The molecule has 0 amide bonds. The fraction of sp³-hybridized carbons (Fsp3) is 0.417. The van der Waals surface area contributed by atoms with Crippen LogP contribution in [-0.4, -0.2) is 13.1 Å². The van der Waals surface area contributed by atoms with Gasteiger partial charge in [-0.2, -0.15) is 0 Å². The highest BCUT2D eigenvalue weighted by molar-refractivity contribution is 5.85. The van der Waals surface area contributed by atoms with Gasteiger partial charge in [-0.15, -0.1) is 12.4 Å². The van der Waals surface area contributed by atoms with Crippen LogP contribution in [0.2, 0.25) is 0 Å². The molecular weight excluding hydrogens is 226 g/mol. The summed E-state index contributed by atoms with van der Waals surface area (Å²) in [7, 11) is 1.34. The van der Waals surface area contributed by atoms with Crippen LogP contribution in [0.15, 0.2) is 24.3 Å². The van der Waals surface area contributed by atoms with Crippen molar-refractivity contribution in [1.82, 2.24) is 0 Å². The molecule has 0 radical (unpaired) electrons. The standard InChI is InChI=1S/C12H17NO2.ClH/c1-8(2)9-4-6-10(7-5-9)11(13)12(14)15-3;/h4-8,11H,13H2,1-3H3;1H/t11-;/m1./s1. The third-order valence-electron chi connectivity index (χ3n) is 2.42. The summed E-state index contributed by atoms with van der Waals surface area (Å²) in [5.41, 5.74) is 7.72. The molecule has 0 bridgehead atoms. The fourth-order valence-corrected chi connectivity index (χ4v) is 1.35. The van der Waals surface area contributed by atoms with Crippen LogP contribution in [0.4, 0.5) is 0 Å². The zero-order valence-corrected chi connectivity index (χ0v) is 10.6. The molecule has 0 aliphatic heterocycles. The first-order chi connectivity index (χ1) is 7.06. The van der Waals surface area contributed by atoms with Crippen LogP contribution in [-0.2, 0) is 9.53 Å². The quantitative estimate of drug-likeness (QED) is 0.830. The van der Waals surface area contributed by atoms with E-state index >= 15 is 0 Å². The number of hydrogen-bond acceptors (Lipinski definition) is 3. The van der Waals surface area contributed by atoms with E-state index in [0.29, 0.717) is 5.92 Å². The minimum atomic E-state index is -0.684. The van der Waals surface area contributed by atoms with Crippen LogP contribution in [0.1, 0.15) is 36.9 Å². The third kappa shape index (κ3) is 3.51. The van der Waals surface area contributed by atoms with Crippen molar-refractivity contribution in [3.8, 4) is 0 Å². The van der Waals surface area contributed by atoms with Crippen LogP contribution in [0.3, 0.4) is 0 Å². The van der Waals surface area contributed by atoms with Gasteiger partial charge >= 0.3 is 5.97 Å². The van der Waals surface area contributed by atoms with Crippen LogP contribution in [0.5, 0.6) is 0 Å². The highest BCUT2D eigenvalue weighted by Crippen LogP contribution is 2.18. The monoisotopic (exact) mass is 243 g/mol. The molecule has 0 aliphatic carbocycles. The van der Waals surface area contributed by atoms with E-state index in [0.717, 1.165) is 5.56 Å². The molecule has 1 aromatic rings. The number of ether oxygens (including phenoxy) is 1. The Labute approximate surface area is 102 Å². The summed E-state index contributed by atoms with van der Waals surface area (Å²) in [6, 6.07) is 7.04. The molecule has 1 aromatic carbocycles. The second-order valence-corrected chi connectivity index (χ2v) is 3.82. The minimum Gasteiger partial charge on any atom is -0.468 e.